The second-order valence-corrected chi connectivity index (χ2v) is 4.10. The largest absolute Gasteiger partial charge is 0.492 e. The van der Waals surface area contributed by atoms with Crippen molar-refractivity contribution in [3.63, 3.8) is 0 Å². The van der Waals surface area contributed by atoms with Gasteiger partial charge in [-0.05, 0) is 12.5 Å². The lowest BCUT2D eigenvalue weighted by atomic mass is 9.79. The molecule has 2 N–H and O–H groups in total. The van der Waals surface area contributed by atoms with Crippen LogP contribution in [-0.4, -0.2) is 31.9 Å². The molecular weight excluding hydrogens is 245 g/mol. The van der Waals surface area contributed by atoms with Crippen LogP contribution in [0, 0.1) is 0 Å². The summed E-state index contributed by atoms with van der Waals surface area (Å²) in [5.41, 5.74) is 0.337. The van der Waals surface area contributed by atoms with Crippen molar-refractivity contribution in [2.75, 3.05) is 0 Å². The van der Waals surface area contributed by atoms with Crippen LogP contribution in [0.4, 0.5) is 0 Å². The SMILES string of the molecule is CCCn1ncnc1COc1ccccc1B(O)O. The highest BCUT2D eigenvalue weighted by Gasteiger charge is 2.16. The Hall–Kier alpha value is -1.86. The number of hydrogen-bond acceptors (Lipinski definition) is 5. The van der Waals surface area contributed by atoms with Crippen LogP contribution in [0.15, 0.2) is 30.6 Å². The number of nitrogens with zero attached hydrogens (tertiary/aromatic N) is 3. The predicted molar refractivity (Wildman–Crippen MR) is 70.9 cm³/mol. The molecule has 0 unspecified atom stereocenters. The lowest BCUT2D eigenvalue weighted by Gasteiger charge is -2.11. The van der Waals surface area contributed by atoms with Crippen molar-refractivity contribution in [3.05, 3.63) is 36.4 Å². The van der Waals surface area contributed by atoms with Gasteiger partial charge < -0.3 is 14.8 Å². The maximum Gasteiger partial charge on any atom is 0.492 e. The van der Waals surface area contributed by atoms with E-state index in [0.29, 0.717) is 17.0 Å². The summed E-state index contributed by atoms with van der Waals surface area (Å²) in [6.07, 6.45) is 2.45. The normalized spacial score (nSPS) is 10.5. The van der Waals surface area contributed by atoms with E-state index in [1.54, 1.807) is 28.9 Å². The number of para-hydroxylation sites is 1. The Morgan fingerprint density at radius 3 is 2.84 bits per heavy atom. The maximum atomic E-state index is 9.24. The average Bonchev–Trinajstić information content (AvgIpc) is 2.84. The van der Waals surface area contributed by atoms with E-state index in [1.807, 2.05) is 0 Å². The molecule has 6 nitrogen and oxygen atoms in total. The molecule has 2 aromatic rings. The lowest BCUT2D eigenvalue weighted by Crippen LogP contribution is -2.31. The third-order valence-electron chi connectivity index (χ3n) is 2.69. The van der Waals surface area contributed by atoms with Gasteiger partial charge >= 0.3 is 7.12 Å². The van der Waals surface area contributed by atoms with Crippen LogP contribution >= 0.6 is 0 Å². The molecule has 0 spiro atoms. The van der Waals surface area contributed by atoms with Crippen LogP contribution in [-0.2, 0) is 13.2 Å². The van der Waals surface area contributed by atoms with Gasteiger partial charge in [-0.25, -0.2) is 9.67 Å². The molecule has 1 heterocycles. The number of benzene rings is 1. The van der Waals surface area contributed by atoms with Crippen molar-refractivity contribution >= 4 is 12.6 Å². The van der Waals surface area contributed by atoms with Crippen molar-refractivity contribution in [3.8, 4) is 5.75 Å². The first-order valence-corrected chi connectivity index (χ1v) is 6.17. The van der Waals surface area contributed by atoms with Crippen LogP contribution in [0.3, 0.4) is 0 Å². The summed E-state index contributed by atoms with van der Waals surface area (Å²) in [5.74, 6) is 1.15. The molecule has 0 amide bonds. The second-order valence-electron chi connectivity index (χ2n) is 4.10. The summed E-state index contributed by atoms with van der Waals surface area (Å²) in [5, 5.41) is 22.6. The zero-order valence-electron chi connectivity index (χ0n) is 10.7. The summed E-state index contributed by atoms with van der Waals surface area (Å²) < 4.78 is 7.36. The first-order chi connectivity index (χ1) is 9.22. The van der Waals surface area contributed by atoms with E-state index in [4.69, 9.17) is 4.74 Å². The summed E-state index contributed by atoms with van der Waals surface area (Å²) in [6, 6.07) is 6.80. The van der Waals surface area contributed by atoms with E-state index < -0.39 is 7.12 Å². The lowest BCUT2D eigenvalue weighted by molar-refractivity contribution is 0.287. The van der Waals surface area contributed by atoms with E-state index in [-0.39, 0.29) is 6.61 Å². The molecule has 0 bridgehead atoms. The fourth-order valence-electron chi connectivity index (χ4n) is 1.77. The molecule has 0 saturated carbocycles. The summed E-state index contributed by atoms with van der Waals surface area (Å²) in [6.45, 7) is 3.08. The topological polar surface area (TPSA) is 80.4 Å². The molecule has 0 atom stereocenters. The van der Waals surface area contributed by atoms with E-state index in [0.717, 1.165) is 13.0 Å². The van der Waals surface area contributed by atoms with Crippen molar-refractivity contribution in [2.45, 2.75) is 26.5 Å². The minimum absolute atomic E-state index is 0.240. The highest BCUT2D eigenvalue weighted by Crippen LogP contribution is 2.09. The minimum atomic E-state index is -1.55. The van der Waals surface area contributed by atoms with Crippen molar-refractivity contribution < 1.29 is 14.8 Å². The number of rotatable bonds is 6. The molecule has 0 aliphatic carbocycles. The van der Waals surface area contributed by atoms with Crippen LogP contribution in [0.1, 0.15) is 19.2 Å². The summed E-state index contributed by atoms with van der Waals surface area (Å²) in [4.78, 5) is 4.13. The molecule has 1 aromatic carbocycles. The Kier molecular flexibility index (Phi) is 4.54. The highest BCUT2D eigenvalue weighted by atomic mass is 16.5. The van der Waals surface area contributed by atoms with Gasteiger partial charge in [0, 0.05) is 12.0 Å². The zero-order chi connectivity index (χ0) is 13.7. The maximum absolute atomic E-state index is 9.24. The van der Waals surface area contributed by atoms with Crippen molar-refractivity contribution in [1.82, 2.24) is 14.8 Å². The van der Waals surface area contributed by atoms with E-state index in [9.17, 15) is 10.0 Å². The average molecular weight is 261 g/mol. The quantitative estimate of drug-likeness (QED) is 0.712. The molecule has 100 valence electrons. The molecule has 0 fully saturated rings. The monoisotopic (exact) mass is 261 g/mol. The van der Waals surface area contributed by atoms with Crippen LogP contribution in [0.2, 0.25) is 0 Å². The van der Waals surface area contributed by atoms with E-state index >= 15 is 0 Å². The molecule has 0 aliphatic heterocycles. The van der Waals surface area contributed by atoms with E-state index in [1.165, 1.54) is 6.33 Å². The number of aromatic nitrogens is 3. The van der Waals surface area contributed by atoms with Crippen molar-refractivity contribution in [2.24, 2.45) is 0 Å². The van der Waals surface area contributed by atoms with Crippen LogP contribution < -0.4 is 10.2 Å². The van der Waals surface area contributed by atoms with Gasteiger partial charge in [0.25, 0.3) is 0 Å². The van der Waals surface area contributed by atoms with Crippen LogP contribution in [0.25, 0.3) is 0 Å². The fourth-order valence-corrected chi connectivity index (χ4v) is 1.77. The Labute approximate surface area is 111 Å². The molecule has 0 aliphatic rings. The summed E-state index contributed by atoms with van der Waals surface area (Å²) in [7, 11) is -1.55. The predicted octanol–water partition coefficient (Wildman–Crippen LogP) is -0.0531. The molecule has 0 radical (unpaired) electrons. The van der Waals surface area contributed by atoms with Gasteiger partial charge in [0.05, 0.1) is 0 Å². The van der Waals surface area contributed by atoms with Gasteiger partial charge in [-0.3, -0.25) is 0 Å². The third-order valence-corrected chi connectivity index (χ3v) is 2.69. The van der Waals surface area contributed by atoms with E-state index in [2.05, 4.69) is 17.0 Å². The molecule has 1 aromatic heterocycles. The number of aryl methyl sites for hydroxylation is 1. The Morgan fingerprint density at radius 2 is 2.11 bits per heavy atom. The molecular formula is C12H16BN3O3. The molecule has 2 rings (SSSR count). The Balaban J connectivity index is 2.08. The molecule has 0 saturated heterocycles. The van der Waals surface area contributed by atoms with Gasteiger partial charge in [0.1, 0.15) is 18.7 Å². The zero-order valence-corrected chi connectivity index (χ0v) is 10.7. The standard InChI is InChI=1S/C12H16BN3O3/c1-2-7-16-12(14-9-15-16)8-19-11-6-4-3-5-10(11)13(17)18/h3-6,9,17-18H,2,7-8H2,1H3. The molecule has 19 heavy (non-hydrogen) atoms. The fraction of sp³-hybridized carbons (Fsp3) is 0.333. The first-order valence-electron chi connectivity index (χ1n) is 6.17. The third kappa shape index (κ3) is 3.33. The van der Waals surface area contributed by atoms with Crippen molar-refractivity contribution in [1.29, 1.82) is 0 Å². The number of ether oxygens (including phenoxy) is 1. The van der Waals surface area contributed by atoms with Gasteiger partial charge in [0.15, 0.2) is 5.82 Å². The summed E-state index contributed by atoms with van der Waals surface area (Å²) >= 11 is 0. The van der Waals surface area contributed by atoms with Crippen LogP contribution in [0.5, 0.6) is 5.75 Å². The Bertz CT molecular complexity index is 530. The Morgan fingerprint density at radius 1 is 1.32 bits per heavy atom. The van der Waals surface area contributed by atoms with Gasteiger partial charge in [0.2, 0.25) is 0 Å². The van der Waals surface area contributed by atoms with Gasteiger partial charge in [-0.2, -0.15) is 5.10 Å². The highest BCUT2D eigenvalue weighted by molar-refractivity contribution is 6.59. The smallest absolute Gasteiger partial charge is 0.486 e. The molecule has 7 heteroatoms. The second kappa shape index (κ2) is 6.35. The first kappa shape index (κ1) is 13.6. The van der Waals surface area contributed by atoms with Gasteiger partial charge in [-0.15, -0.1) is 0 Å². The number of hydrogen-bond donors (Lipinski definition) is 2. The van der Waals surface area contributed by atoms with Gasteiger partial charge in [-0.1, -0.05) is 25.1 Å². The minimum Gasteiger partial charge on any atom is -0.486 e.